The third-order valence-electron chi connectivity index (χ3n) is 4.47. The number of hydrogen-bond donors (Lipinski definition) is 0. The Balaban J connectivity index is 1.53. The molecule has 1 saturated heterocycles. The van der Waals surface area contributed by atoms with E-state index in [2.05, 4.69) is 4.90 Å². The van der Waals surface area contributed by atoms with Gasteiger partial charge < -0.3 is 14.2 Å². The first-order chi connectivity index (χ1) is 12.2. The van der Waals surface area contributed by atoms with Crippen LogP contribution in [0.2, 0.25) is 0 Å². The van der Waals surface area contributed by atoms with E-state index in [1.165, 1.54) is 12.5 Å². The van der Waals surface area contributed by atoms with Crippen molar-refractivity contribution in [1.29, 1.82) is 0 Å². The Morgan fingerprint density at radius 2 is 1.80 bits per heavy atom. The van der Waals surface area contributed by atoms with E-state index in [1.54, 1.807) is 15.9 Å². The van der Waals surface area contributed by atoms with Crippen LogP contribution >= 0.6 is 0 Å². The summed E-state index contributed by atoms with van der Waals surface area (Å²) in [6, 6.07) is 11.4. The van der Waals surface area contributed by atoms with Gasteiger partial charge in [-0.05, 0) is 25.1 Å². The van der Waals surface area contributed by atoms with Gasteiger partial charge >= 0.3 is 0 Å². The molecule has 2 amide bonds. The molecule has 3 rings (SSSR count). The van der Waals surface area contributed by atoms with E-state index in [1.807, 2.05) is 37.3 Å². The number of carbonyl (C=O) groups is 2. The number of rotatable bonds is 5. The Morgan fingerprint density at radius 1 is 1.08 bits per heavy atom. The quantitative estimate of drug-likeness (QED) is 0.836. The highest BCUT2D eigenvalue weighted by atomic mass is 16.3. The van der Waals surface area contributed by atoms with Crippen LogP contribution in [0.1, 0.15) is 17.3 Å². The van der Waals surface area contributed by atoms with Gasteiger partial charge in [-0.2, -0.15) is 0 Å². The van der Waals surface area contributed by atoms with Crippen LogP contribution < -0.4 is 4.90 Å². The number of anilines is 1. The van der Waals surface area contributed by atoms with E-state index in [0.29, 0.717) is 44.8 Å². The van der Waals surface area contributed by atoms with Crippen molar-refractivity contribution >= 4 is 17.5 Å². The summed E-state index contributed by atoms with van der Waals surface area (Å²) in [5.74, 6) is 0.0718. The molecule has 1 aliphatic heterocycles. The van der Waals surface area contributed by atoms with E-state index >= 15 is 0 Å². The molecule has 2 heterocycles. The minimum absolute atomic E-state index is 0.0146. The highest BCUT2D eigenvalue weighted by Crippen LogP contribution is 2.14. The summed E-state index contributed by atoms with van der Waals surface area (Å²) in [4.78, 5) is 30.6. The zero-order chi connectivity index (χ0) is 17.6. The molecular weight excluding hydrogens is 318 g/mol. The molecule has 0 bridgehead atoms. The number of furan rings is 1. The van der Waals surface area contributed by atoms with Crippen LogP contribution in [-0.4, -0.2) is 60.9 Å². The lowest BCUT2D eigenvalue weighted by atomic mass is 10.2. The van der Waals surface area contributed by atoms with Crippen LogP contribution in [0.4, 0.5) is 5.69 Å². The first-order valence-corrected chi connectivity index (χ1v) is 8.58. The fraction of sp³-hybridized carbons (Fsp3) is 0.368. The minimum Gasteiger partial charge on any atom is -0.472 e. The van der Waals surface area contributed by atoms with Gasteiger partial charge in [-0.25, -0.2) is 0 Å². The van der Waals surface area contributed by atoms with Crippen LogP contribution in [0.3, 0.4) is 0 Å². The molecule has 1 aromatic carbocycles. The van der Waals surface area contributed by atoms with Crippen LogP contribution in [-0.2, 0) is 4.79 Å². The molecule has 0 radical (unpaired) electrons. The number of hydrogen-bond acceptors (Lipinski definition) is 4. The lowest BCUT2D eigenvalue weighted by Crippen LogP contribution is -2.51. The van der Waals surface area contributed by atoms with Gasteiger partial charge in [0, 0.05) is 38.4 Å². The summed E-state index contributed by atoms with van der Waals surface area (Å²) in [6.07, 6.45) is 2.97. The number of likely N-dealkylation sites (N-methyl/N-ethyl adjacent to an activating group) is 1. The van der Waals surface area contributed by atoms with Crippen LogP contribution in [0.25, 0.3) is 0 Å². The molecule has 0 aliphatic carbocycles. The van der Waals surface area contributed by atoms with E-state index < -0.39 is 0 Å². The zero-order valence-electron chi connectivity index (χ0n) is 14.4. The van der Waals surface area contributed by atoms with E-state index in [9.17, 15) is 9.59 Å². The molecule has 0 N–H and O–H groups in total. The maximum absolute atomic E-state index is 12.6. The van der Waals surface area contributed by atoms with Gasteiger partial charge in [0.2, 0.25) is 5.91 Å². The topological polar surface area (TPSA) is 57.0 Å². The highest BCUT2D eigenvalue weighted by Gasteiger charge is 2.25. The van der Waals surface area contributed by atoms with Crippen LogP contribution in [0.15, 0.2) is 53.3 Å². The third kappa shape index (κ3) is 4.09. The fourth-order valence-corrected chi connectivity index (χ4v) is 3.07. The van der Waals surface area contributed by atoms with Gasteiger partial charge in [0.15, 0.2) is 0 Å². The van der Waals surface area contributed by atoms with E-state index in [-0.39, 0.29) is 11.8 Å². The van der Waals surface area contributed by atoms with Crippen molar-refractivity contribution in [1.82, 2.24) is 9.80 Å². The predicted octanol–water partition coefficient (Wildman–Crippen LogP) is 2.09. The number of amides is 2. The Kier molecular flexibility index (Phi) is 5.50. The fourth-order valence-electron chi connectivity index (χ4n) is 3.07. The second-order valence-corrected chi connectivity index (χ2v) is 6.05. The summed E-state index contributed by atoms with van der Waals surface area (Å²) in [5, 5.41) is 0. The molecule has 0 saturated carbocycles. The number of carbonyl (C=O) groups excluding carboxylic acids is 2. The molecule has 6 heteroatoms. The van der Waals surface area contributed by atoms with Crippen molar-refractivity contribution in [2.75, 3.05) is 44.2 Å². The molecule has 1 aliphatic rings. The molecule has 0 atom stereocenters. The molecule has 0 unspecified atom stereocenters. The van der Waals surface area contributed by atoms with Crippen molar-refractivity contribution in [3.63, 3.8) is 0 Å². The molecule has 6 nitrogen and oxygen atoms in total. The minimum atomic E-state index is -0.0146. The first kappa shape index (κ1) is 17.2. The van der Waals surface area contributed by atoms with E-state index in [4.69, 9.17) is 4.42 Å². The monoisotopic (exact) mass is 341 g/mol. The normalized spacial score (nSPS) is 15.2. The molecule has 1 fully saturated rings. The smallest absolute Gasteiger partial charge is 0.257 e. The van der Waals surface area contributed by atoms with Gasteiger partial charge in [0.1, 0.15) is 6.26 Å². The number of para-hydroxylation sites is 1. The van der Waals surface area contributed by atoms with E-state index in [0.717, 1.165) is 5.69 Å². The summed E-state index contributed by atoms with van der Waals surface area (Å²) in [7, 11) is 0. The average molecular weight is 341 g/mol. The molecule has 1 aromatic heterocycles. The van der Waals surface area contributed by atoms with Crippen LogP contribution in [0.5, 0.6) is 0 Å². The summed E-state index contributed by atoms with van der Waals surface area (Å²) in [5.41, 5.74) is 1.49. The standard InChI is InChI=1S/C19H23N3O3/c1-2-22(17-6-4-3-5-7-17)18(23)14-20-9-11-21(12-10-20)19(24)16-8-13-25-15-16/h3-8,13,15H,2,9-12,14H2,1H3. The van der Waals surface area contributed by atoms with Crippen molar-refractivity contribution < 1.29 is 14.0 Å². The molecule has 2 aromatic rings. The summed E-state index contributed by atoms with van der Waals surface area (Å²) in [6.45, 7) is 5.62. The maximum atomic E-state index is 12.6. The van der Waals surface area contributed by atoms with Gasteiger partial charge in [0.25, 0.3) is 5.91 Å². The van der Waals surface area contributed by atoms with Gasteiger partial charge in [-0.3, -0.25) is 14.5 Å². The second-order valence-electron chi connectivity index (χ2n) is 6.05. The second kappa shape index (κ2) is 7.98. The highest BCUT2D eigenvalue weighted by molar-refractivity contribution is 5.95. The van der Waals surface area contributed by atoms with Crippen molar-refractivity contribution in [3.05, 3.63) is 54.5 Å². The maximum Gasteiger partial charge on any atom is 0.257 e. The van der Waals surface area contributed by atoms with Gasteiger partial charge in [-0.1, -0.05) is 18.2 Å². The number of piperazine rings is 1. The molecule has 132 valence electrons. The summed E-state index contributed by atoms with van der Waals surface area (Å²) >= 11 is 0. The lowest BCUT2D eigenvalue weighted by Gasteiger charge is -2.35. The molecule has 25 heavy (non-hydrogen) atoms. The Morgan fingerprint density at radius 3 is 2.40 bits per heavy atom. The Labute approximate surface area is 147 Å². The predicted molar refractivity (Wildman–Crippen MR) is 95.5 cm³/mol. The Hall–Kier alpha value is -2.60. The molecular formula is C19H23N3O3. The first-order valence-electron chi connectivity index (χ1n) is 8.58. The number of benzene rings is 1. The largest absolute Gasteiger partial charge is 0.472 e. The van der Waals surface area contributed by atoms with Crippen LogP contribution in [0, 0.1) is 0 Å². The zero-order valence-corrected chi connectivity index (χ0v) is 14.4. The average Bonchev–Trinajstić information content (AvgIpc) is 3.18. The number of nitrogens with zero attached hydrogens (tertiary/aromatic N) is 3. The van der Waals surface area contributed by atoms with Gasteiger partial charge in [-0.15, -0.1) is 0 Å². The van der Waals surface area contributed by atoms with Crippen molar-refractivity contribution in [3.8, 4) is 0 Å². The Bertz CT molecular complexity index is 692. The third-order valence-corrected chi connectivity index (χ3v) is 4.47. The molecule has 0 spiro atoms. The lowest BCUT2D eigenvalue weighted by molar-refractivity contribution is -0.120. The van der Waals surface area contributed by atoms with Crippen molar-refractivity contribution in [2.45, 2.75) is 6.92 Å². The summed E-state index contributed by atoms with van der Waals surface area (Å²) < 4.78 is 4.97. The SMILES string of the molecule is CCN(C(=O)CN1CCN(C(=O)c2ccoc2)CC1)c1ccccc1. The van der Waals surface area contributed by atoms with Gasteiger partial charge in [0.05, 0.1) is 18.4 Å². The van der Waals surface area contributed by atoms with Crippen molar-refractivity contribution in [2.24, 2.45) is 0 Å².